The number of aromatic nitrogens is 3. The fraction of sp³-hybridized carbons (Fsp3) is 0.318. The first-order chi connectivity index (χ1) is 15.4. The zero-order valence-corrected chi connectivity index (χ0v) is 19.3. The Morgan fingerprint density at radius 3 is 2.81 bits per heavy atom. The molecule has 0 spiro atoms. The lowest BCUT2D eigenvalue weighted by molar-refractivity contribution is -0.121. The van der Waals surface area contributed by atoms with Crippen molar-refractivity contribution in [2.75, 3.05) is 18.5 Å². The first-order valence-electron chi connectivity index (χ1n) is 9.96. The van der Waals surface area contributed by atoms with E-state index in [0.29, 0.717) is 45.6 Å². The number of nitrogens with one attached hydrogen (secondary N) is 1. The Morgan fingerprint density at radius 1 is 1.25 bits per heavy atom. The molecule has 0 fully saturated rings. The molecule has 1 aromatic carbocycles. The summed E-state index contributed by atoms with van der Waals surface area (Å²) in [5.41, 5.74) is 1.79. The second-order valence-corrected chi connectivity index (χ2v) is 8.52. The first-order valence-corrected chi connectivity index (χ1v) is 11.2. The predicted molar refractivity (Wildman–Crippen MR) is 123 cm³/mol. The third-order valence-corrected chi connectivity index (χ3v) is 5.85. The number of carbonyl (C=O) groups is 2. The van der Waals surface area contributed by atoms with Crippen LogP contribution in [0.5, 0.6) is 5.88 Å². The first kappa shape index (κ1) is 23.8. The van der Waals surface area contributed by atoms with E-state index in [1.165, 1.54) is 17.5 Å². The zero-order chi connectivity index (χ0) is 23.1. The minimum atomic E-state index is -0.461. The zero-order valence-electron chi connectivity index (χ0n) is 17.7. The van der Waals surface area contributed by atoms with E-state index in [0.717, 1.165) is 11.1 Å². The second-order valence-electron chi connectivity index (χ2n) is 7.08. The quantitative estimate of drug-likeness (QED) is 0.315. The van der Waals surface area contributed by atoms with Crippen molar-refractivity contribution in [1.29, 1.82) is 0 Å². The monoisotopic (exact) mass is 474 g/mol. The number of hydrogen-bond donors (Lipinski definition) is 2. The number of aryl methyl sites for hydroxylation is 2. The molecule has 10 heteroatoms. The predicted octanol–water partition coefficient (Wildman–Crippen LogP) is 4.09. The molecule has 32 heavy (non-hydrogen) atoms. The molecular weight excluding hydrogens is 452 g/mol. The molecule has 168 valence electrons. The maximum absolute atomic E-state index is 12.7. The molecule has 3 rings (SSSR count). The normalized spacial score (nSPS) is 10.8. The number of nitrogens with zero attached hydrogens (tertiary/aromatic N) is 3. The van der Waals surface area contributed by atoms with Crippen LogP contribution in [0.4, 0.5) is 10.9 Å². The Hall–Kier alpha value is -2.88. The van der Waals surface area contributed by atoms with Crippen LogP contribution in [0.1, 0.15) is 39.5 Å². The van der Waals surface area contributed by atoms with Crippen molar-refractivity contribution in [3.8, 4) is 5.88 Å². The van der Waals surface area contributed by atoms with E-state index < -0.39 is 6.61 Å². The van der Waals surface area contributed by atoms with Crippen molar-refractivity contribution < 1.29 is 19.4 Å². The van der Waals surface area contributed by atoms with Crippen molar-refractivity contribution in [3.05, 3.63) is 57.3 Å². The Bertz CT molecular complexity index is 1100. The number of aliphatic hydroxyl groups is 1. The van der Waals surface area contributed by atoms with Gasteiger partial charge in [-0.3, -0.25) is 9.59 Å². The molecule has 2 heterocycles. The van der Waals surface area contributed by atoms with E-state index in [4.69, 9.17) is 21.4 Å². The number of aliphatic hydroxyl groups excluding tert-OH is 1. The molecule has 8 nitrogen and oxygen atoms in total. The van der Waals surface area contributed by atoms with Crippen molar-refractivity contribution >= 4 is 45.5 Å². The summed E-state index contributed by atoms with van der Waals surface area (Å²) < 4.78 is 5.58. The van der Waals surface area contributed by atoms with Crippen LogP contribution >= 0.6 is 22.9 Å². The molecular formula is C22H23ClN4O4S. The summed E-state index contributed by atoms with van der Waals surface area (Å²) in [5, 5.41) is 12.9. The van der Waals surface area contributed by atoms with E-state index in [9.17, 15) is 9.59 Å². The van der Waals surface area contributed by atoms with Crippen molar-refractivity contribution in [1.82, 2.24) is 15.0 Å². The highest BCUT2D eigenvalue weighted by atomic mass is 35.5. The summed E-state index contributed by atoms with van der Waals surface area (Å²) in [6.07, 6.45) is 2.46. The van der Waals surface area contributed by atoms with E-state index in [1.54, 1.807) is 19.1 Å². The summed E-state index contributed by atoms with van der Waals surface area (Å²) in [6.45, 7) is 3.49. The number of Topliss-reactive ketones (excluding diaryl/α,β-unsaturated/α-hetero) is 2. The number of hydrogen-bond acceptors (Lipinski definition) is 9. The summed E-state index contributed by atoms with van der Waals surface area (Å²) in [6, 6.07) is 7.18. The lowest BCUT2D eigenvalue weighted by Crippen LogP contribution is -2.08. The number of carbonyl (C=O) groups excluding carboxylic acids is 2. The largest absolute Gasteiger partial charge is 0.478 e. The van der Waals surface area contributed by atoms with Crippen LogP contribution in [0.2, 0.25) is 5.02 Å². The van der Waals surface area contributed by atoms with Gasteiger partial charge in [-0.25, -0.2) is 9.97 Å². The fourth-order valence-electron chi connectivity index (χ4n) is 2.91. The molecule has 2 N–H and O–H groups in total. The van der Waals surface area contributed by atoms with Crippen molar-refractivity contribution in [2.45, 2.75) is 33.1 Å². The van der Waals surface area contributed by atoms with Crippen LogP contribution in [0.3, 0.4) is 0 Å². The topological polar surface area (TPSA) is 114 Å². The van der Waals surface area contributed by atoms with Crippen LogP contribution in [0.15, 0.2) is 30.5 Å². The molecule has 0 unspecified atom stereocenters. The van der Waals surface area contributed by atoms with Gasteiger partial charge in [0.05, 0.1) is 17.7 Å². The van der Waals surface area contributed by atoms with Gasteiger partial charge in [-0.05, 0) is 37.5 Å². The molecule has 0 bridgehead atoms. The molecule has 0 saturated carbocycles. The highest BCUT2D eigenvalue weighted by molar-refractivity contribution is 7.17. The van der Waals surface area contributed by atoms with Gasteiger partial charge in [0.25, 0.3) is 0 Å². The van der Waals surface area contributed by atoms with Crippen molar-refractivity contribution in [3.63, 3.8) is 0 Å². The van der Waals surface area contributed by atoms with Gasteiger partial charge in [-0.15, -0.1) is 0 Å². The summed E-state index contributed by atoms with van der Waals surface area (Å²) in [7, 11) is 0. The molecule has 2 aromatic heterocycles. The molecule has 0 aliphatic carbocycles. The number of ketones is 2. The Balaban J connectivity index is 1.62. The van der Waals surface area contributed by atoms with Gasteiger partial charge >= 0.3 is 0 Å². The number of benzene rings is 1. The van der Waals surface area contributed by atoms with Gasteiger partial charge in [-0.2, -0.15) is 4.98 Å². The fourth-order valence-corrected chi connectivity index (χ4v) is 3.96. The standard InChI is InChI=1S/C22H23ClN4O4S/c1-13-5-3-7-17(23)16(13)9-18(30)19-11-24-22(32-19)27-20-10-21(26-14(2)25-20)31-8-4-6-15(29)12-28/h3,5,7,10-11,28H,4,6,8-9,12H2,1-2H3,(H,24,25,26,27). The molecule has 0 radical (unpaired) electrons. The number of anilines is 2. The Labute approximate surface area is 194 Å². The van der Waals surface area contributed by atoms with Gasteiger partial charge in [0.2, 0.25) is 5.88 Å². The maximum Gasteiger partial charge on any atom is 0.218 e. The number of halogens is 1. The average Bonchev–Trinajstić information content (AvgIpc) is 3.22. The highest BCUT2D eigenvalue weighted by Gasteiger charge is 2.15. The van der Waals surface area contributed by atoms with Gasteiger partial charge in [-0.1, -0.05) is 35.1 Å². The molecule has 0 aliphatic heterocycles. The van der Waals surface area contributed by atoms with Crippen LogP contribution in [0.25, 0.3) is 0 Å². The molecule has 0 saturated heterocycles. The Morgan fingerprint density at radius 2 is 2.06 bits per heavy atom. The summed E-state index contributed by atoms with van der Waals surface area (Å²) in [5.74, 6) is 1.05. The smallest absolute Gasteiger partial charge is 0.218 e. The molecule has 3 aromatic rings. The highest BCUT2D eigenvalue weighted by Crippen LogP contribution is 2.26. The number of thiazole rings is 1. The third-order valence-electron chi connectivity index (χ3n) is 4.55. The van der Waals surface area contributed by atoms with Gasteiger partial charge < -0.3 is 15.2 Å². The summed E-state index contributed by atoms with van der Waals surface area (Å²) in [4.78, 5) is 37.2. The van der Waals surface area contributed by atoms with E-state index in [-0.39, 0.29) is 24.4 Å². The van der Waals surface area contributed by atoms with Gasteiger partial charge in [0, 0.05) is 23.9 Å². The van der Waals surface area contributed by atoms with E-state index in [2.05, 4.69) is 20.3 Å². The second kappa shape index (κ2) is 11.1. The lowest BCUT2D eigenvalue weighted by atomic mass is 10.0. The van der Waals surface area contributed by atoms with Crippen LogP contribution in [-0.4, -0.2) is 44.8 Å². The number of rotatable bonds is 11. The van der Waals surface area contributed by atoms with Crippen molar-refractivity contribution in [2.24, 2.45) is 0 Å². The SMILES string of the molecule is Cc1nc(Nc2ncc(C(=O)Cc3c(C)cccc3Cl)s2)cc(OCCCC(=O)CO)n1. The van der Waals surface area contributed by atoms with E-state index >= 15 is 0 Å². The molecule has 0 atom stereocenters. The van der Waals surface area contributed by atoms with Crippen LogP contribution in [-0.2, 0) is 11.2 Å². The van der Waals surface area contributed by atoms with Crippen LogP contribution in [0, 0.1) is 13.8 Å². The third kappa shape index (κ3) is 6.56. The average molecular weight is 475 g/mol. The van der Waals surface area contributed by atoms with Gasteiger partial charge in [0.1, 0.15) is 18.2 Å². The van der Waals surface area contributed by atoms with Crippen LogP contribution < -0.4 is 10.1 Å². The lowest BCUT2D eigenvalue weighted by Gasteiger charge is -2.08. The van der Waals surface area contributed by atoms with E-state index in [1.807, 2.05) is 19.1 Å². The minimum Gasteiger partial charge on any atom is -0.478 e. The molecule has 0 aliphatic rings. The number of ether oxygens (including phenoxy) is 1. The van der Waals surface area contributed by atoms with Gasteiger partial charge in [0.15, 0.2) is 16.7 Å². The molecule has 0 amide bonds. The summed E-state index contributed by atoms with van der Waals surface area (Å²) >= 11 is 7.47. The minimum absolute atomic E-state index is 0.0629. The Kier molecular flexibility index (Phi) is 8.26. The maximum atomic E-state index is 12.7.